The molecule has 4 heteroatoms. The average molecular weight is 391 g/mol. The molecule has 1 saturated heterocycles. The summed E-state index contributed by atoms with van der Waals surface area (Å²) in [4.78, 5) is 18.7. The van der Waals surface area contributed by atoms with Gasteiger partial charge in [-0.05, 0) is 48.3 Å². The van der Waals surface area contributed by atoms with Crippen molar-refractivity contribution in [2.45, 2.75) is 20.3 Å². The van der Waals surface area contributed by atoms with Gasteiger partial charge in [0.1, 0.15) is 0 Å². The summed E-state index contributed by atoms with van der Waals surface area (Å²) in [5, 5.41) is 0. The number of nitrogens with one attached hydrogen (secondary N) is 1. The van der Waals surface area contributed by atoms with Gasteiger partial charge in [-0.1, -0.05) is 42.5 Å². The summed E-state index contributed by atoms with van der Waals surface area (Å²) in [5.41, 5.74) is 6.74. The van der Waals surface area contributed by atoms with E-state index in [2.05, 4.69) is 78.3 Å². The van der Waals surface area contributed by atoms with E-state index in [4.69, 9.17) is 0 Å². The Morgan fingerprint density at radius 1 is 0.966 bits per heavy atom. The third-order valence-corrected chi connectivity index (χ3v) is 6.48. The van der Waals surface area contributed by atoms with Crippen molar-refractivity contribution in [3.8, 4) is 0 Å². The lowest BCUT2D eigenvalue weighted by atomic mass is 9.99. The van der Waals surface area contributed by atoms with Crippen molar-refractivity contribution in [3.63, 3.8) is 0 Å². The molecule has 29 heavy (non-hydrogen) atoms. The minimum absolute atomic E-state index is 0.303. The second-order valence-corrected chi connectivity index (χ2v) is 8.31. The summed E-state index contributed by atoms with van der Waals surface area (Å²) in [7, 11) is 0. The molecule has 0 aliphatic carbocycles. The lowest BCUT2D eigenvalue weighted by Crippen LogP contribution is -3.13. The van der Waals surface area contributed by atoms with E-state index in [9.17, 15) is 4.79 Å². The van der Waals surface area contributed by atoms with Crippen LogP contribution in [0.15, 0.2) is 54.6 Å². The van der Waals surface area contributed by atoms with Gasteiger partial charge >= 0.3 is 0 Å². The van der Waals surface area contributed by atoms with Crippen molar-refractivity contribution in [2.24, 2.45) is 0 Å². The summed E-state index contributed by atoms with van der Waals surface area (Å²) >= 11 is 0. The molecule has 2 aliphatic rings. The fourth-order valence-electron chi connectivity index (χ4n) is 4.46. The number of carbonyl (C=O) groups is 1. The summed E-state index contributed by atoms with van der Waals surface area (Å²) in [6, 6.07) is 17.1. The topological polar surface area (TPSA) is 28.0 Å². The molecular weight excluding hydrogens is 358 g/mol. The number of aryl methyl sites for hydroxylation is 1. The van der Waals surface area contributed by atoms with Crippen molar-refractivity contribution < 1.29 is 9.69 Å². The van der Waals surface area contributed by atoms with Crippen LogP contribution in [-0.2, 0) is 4.79 Å². The third kappa shape index (κ3) is 4.54. The van der Waals surface area contributed by atoms with Crippen LogP contribution in [-0.4, -0.2) is 56.6 Å². The molecule has 1 atom stereocenters. The zero-order valence-electron chi connectivity index (χ0n) is 17.7. The van der Waals surface area contributed by atoms with Crippen LogP contribution in [0.1, 0.15) is 23.1 Å². The maximum atomic E-state index is 12.8. The van der Waals surface area contributed by atoms with Crippen molar-refractivity contribution >= 4 is 17.2 Å². The van der Waals surface area contributed by atoms with Gasteiger partial charge in [0.2, 0.25) is 0 Å². The molecule has 4 rings (SSSR count). The number of benzene rings is 2. The van der Waals surface area contributed by atoms with Gasteiger partial charge in [0, 0.05) is 38.3 Å². The third-order valence-electron chi connectivity index (χ3n) is 6.48. The van der Waals surface area contributed by atoms with E-state index in [1.165, 1.54) is 32.9 Å². The smallest absolute Gasteiger partial charge is 0.277 e. The van der Waals surface area contributed by atoms with Crippen LogP contribution < -0.4 is 9.80 Å². The molecule has 2 aliphatic heterocycles. The highest BCUT2D eigenvalue weighted by atomic mass is 16.2. The molecular formula is C25H32N3O+. The molecule has 2 heterocycles. The van der Waals surface area contributed by atoms with E-state index in [0.29, 0.717) is 12.5 Å². The second kappa shape index (κ2) is 8.83. The van der Waals surface area contributed by atoms with Crippen molar-refractivity contribution in [1.29, 1.82) is 0 Å². The molecule has 1 N–H and O–H groups in total. The first kappa shape index (κ1) is 19.7. The average Bonchev–Trinajstić information content (AvgIpc) is 2.77. The molecule has 0 saturated carbocycles. The number of nitrogens with zero attached hydrogens (tertiary/aromatic N) is 2. The van der Waals surface area contributed by atoms with Gasteiger partial charge in [0.05, 0.1) is 13.1 Å². The van der Waals surface area contributed by atoms with E-state index in [-0.39, 0.29) is 0 Å². The van der Waals surface area contributed by atoms with Gasteiger partial charge in [-0.15, -0.1) is 0 Å². The first-order chi connectivity index (χ1) is 14.1. The highest BCUT2D eigenvalue weighted by Gasteiger charge is 2.26. The van der Waals surface area contributed by atoms with Crippen molar-refractivity contribution in [2.75, 3.05) is 50.7 Å². The number of carbonyl (C=O) groups excluding carboxylic acids is 1. The van der Waals surface area contributed by atoms with Crippen LogP contribution in [0.4, 0.5) is 5.69 Å². The van der Waals surface area contributed by atoms with Gasteiger partial charge in [0.15, 0.2) is 6.54 Å². The Morgan fingerprint density at radius 3 is 2.41 bits per heavy atom. The molecule has 0 aromatic heterocycles. The molecule has 1 unspecified atom stereocenters. The van der Waals surface area contributed by atoms with Crippen LogP contribution in [0.3, 0.4) is 0 Å². The Labute approximate surface area is 174 Å². The first-order valence-corrected chi connectivity index (χ1v) is 10.8. The molecule has 2 aromatic carbocycles. The van der Waals surface area contributed by atoms with Gasteiger partial charge in [-0.3, -0.25) is 4.79 Å². The monoisotopic (exact) mass is 390 g/mol. The zero-order valence-corrected chi connectivity index (χ0v) is 17.7. The number of anilines is 1. The van der Waals surface area contributed by atoms with Crippen LogP contribution in [0.5, 0.6) is 0 Å². The molecule has 152 valence electrons. The van der Waals surface area contributed by atoms with Gasteiger partial charge in [-0.2, -0.15) is 0 Å². The minimum atomic E-state index is 0.303. The van der Waals surface area contributed by atoms with Crippen LogP contribution >= 0.6 is 0 Å². The van der Waals surface area contributed by atoms with Crippen molar-refractivity contribution in [3.05, 3.63) is 71.3 Å². The quantitative estimate of drug-likeness (QED) is 0.868. The second-order valence-electron chi connectivity index (χ2n) is 8.31. The fourth-order valence-corrected chi connectivity index (χ4v) is 4.46. The van der Waals surface area contributed by atoms with Crippen LogP contribution in [0, 0.1) is 13.8 Å². The standard InChI is InChI=1S/C25H31N3O/c1-20-7-6-10-24(21(20)2)27-15-17-28(18-16-27)25(29)19-26-13-11-23(12-14-26)22-8-4-3-5-9-22/h3-11H,12-19H2,1-2H3/p+1. The summed E-state index contributed by atoms with van der Waals surface area (Å²) in [6.45, 7) is 10.4. The zero-order chi connectivity index (χ0) is 20.2. The highest BCUT2D eigenvalue weighted by Crippen LogP contribution is 2.24. The molecule has 1 fully saturated rings. The SMILES string of the molecule is Cc1cccc(N2CCN(C(=O)C[NH+]3CC=C(c4ccccc4)CC3)CC2)c1C. The number of hydrogen-bond acceptors (Lipinski definition) is 2. The Bertz CT molecular complexity index is 882. The maximum absolute atomic E-state index is 12.8. The molecule has 2 aromatic rings. The fraction of sp³-hybridized carbons (Fsp3) is 0.400. The maximum Gasteiger partial charge on any atom is 0.277 e. The van der Waals surface area contributed by atoms with Crippen molar-refractivity contribution in [1.82, 2.24) is 4.90 Å². The lowest BCUT2D eigenvalue weighted by molar-refractivity contribution is -0.887. The lowest BCUT2D eigenvalue weighted by Gasteiger charge is -2.37. The minimum Gasteiger partial charge on any atom is -0.368 e. The highest BCUT2D eigenvalue weighted by molar-refractivity contribution is 5.77. The summed E-state index contributed by atoms with van der Waals surface area (Å²) < 4.78 is 0. The van der Waals surface area contributed by atoms with E-state index >= 15 is 0 Å². The van der Waals surface area contributed by atoms with Gasteiger partial charge < -0.3 is 14.7 Å². The summed E-state index contributed by atoms with van der Waals surface area (Å²) in [6.07, 6.45) is 3.37. The molecule has 0 spiro atoms. The number of piperazine rings is 1. The predicted octanol–water partition coefficient (Wildman–Crippen LogP) is 2.32. The first-order valence-electron chi connectivity index (χ1n) is 10.8. The summed E-state index contributed by atoms with van der Waals surface area (Å²) in [5.74, 6) is 0.303. The Balaban J connectivity index is 1.28. The normalized spacial score (nSPS) is 19.8. The Kier molecular flexibility index (Phi) is 6.00. The molecule has 1 amide bonds. The van der Waals surface area contributed by atoms with E-state index in [1.807, 2.05) is 0 Å². The van der Waals surface area contributed by atoms with Gasteiger partial charge in [0.25, 0.3) is 5.91 Å². The number of hydrogen-bond donors (Lipinski definition) is 1. The van der Waals surface area contributed by atoms with Crippen LogP contribution in [0.25, 0.3) is 5.57 Å². The van der Waals surface area contributed by atoms with E-state index in [1.54, 1.807) is 0 Å². The number of amides is 1. The number of rotatable bonds is 4. The van der Waals surface area contributed by atoms with E-state index in [0.717, 1.165) is 45.7 Å². The molecule has 0 radical (unpaired) electrons. The Morgan fingerprint density at radius 2 is 1.72 bits per heavy atom. The van der Waals surface area contributed by atoms with Gasteiger partial charge in [-0.25, -0.2) is 0 Å². The molecule has 0 bridgehead atoms. The predicted molar refractivity (Wildman–Crippen MR) is 119 cm³/mol. The number of quaternary nitrogens is 1. The largest absolute Gasteiger partial charge is 0.368 e. The molecule has 4 nitrogen and oxygen atoms in total. The van der Waals surface area contributed by atoms with E-state index < -0.39 is 0 Å². The Hall–Kier alpha value is -2.59. The van der Waals surface area contributed by atoms with Crippen LogP contribution in [0.2, 0.25) is 0 Å².